The summed E-state index contributed by atoms with van der Waals surface area (Å²) in [5, 5.41) is 12.0. The van der Waals surface area contributed by atoms with Gasteiger partial charge in [0, 0.05) is 32.0 Å². The van der Waals surface area contributed by atoms with E-state index in [0.29, 0.717) is 18.7 Å². The second-order valence-electron chi connectivity index (χ2n) is 5.61. The number of urea groups is 1. The van der Waals surface area contributed by atoms with Gasteiger partial charge in [-0.15, -0.1) is 0 Å². The minimum Gasteiger partial charge on any atom is -0.480 e. The number of carboxylic acids is 1. The van der Waals surface area contributed by atoms with Crippen molar-refractivity contribution in [1.29, 1.82) is 0 Å². The van der Waals surface area contributed by atoms with Gasteiger partial charge < -0.3 is 20.2 Å². The number of carbonyl (C=O) groups excluding carboxylic acids is 1. The highest BCUT2D eigenvalue weighted by atomic mass is 16.4. The molecule has 2 unspecified atom stereocenters. The Balaban J connectivity index is 2.05. The van der Waals surface area contributed by atoms with E-state index in [2.05, 4.69) is 5.32 Å². The van der Waals surface area contributed by atoms with Gasteiger partial charge in [0.2, 0.25) is 0 Å². The lowest BCUT2D eigenvalue weighted by Crippen LogP contribution is -2.44. The molecule has 2 amide bonds. The molecule has 21 heavy (non-hydrogen) atoms. The molecule has 6 nitrogen and oxygen atoms in total. The predicted molar refractivity (Wildman–Crippen MR) is 81.7 cm³/mol. The van der Waals surface area contributed by atoms with Crippen LogP contribution >= 0.6 is 0 Å². The van der Waals surface area contributed by atoms with Crippen molar-refractivity contribution in [3.8, 4) is 0 Å². The zero-order chi connectivity index (χ0) is 15.6. The molecule has 2 atom stereocenters. The Morgan fingerprint density at radius 3 is 2.43 bits per heavy atom. The number of nitrogens with zero attached hydrogens (tertiary/aromatic N) is 2. The van der Waals surface area contributed by atoms with Gasteiger partial charge >= 0.3 is 12.0 Å². The van der Waals surface area contributed by atoms with Gasteiger partial charge in [0.05, 0.1) is 0 Å². The topological polar surface area (TPSA) is 72.9 Å². The fourth-order valence-corrected chi connectivity index (χ4v) is 2.59. The molecule has 1 saturated heterocycles. The Hall–Kier alpha value is -2.24. The molecule has 0 aliphatic carbocycles. The van der Waals surface area contributed by atoms with E-state index in [1.807, 2.05) is 50.2 Å². The maximum Gasteiger partial charge on any atom is 0.326 e. The van der Waals surface area contributed by atoms with Crippen molar-refractivity contribution in [1.82, 2.24) is 4.90 Å². The number of carboxylic acid groups (broad SMARTS) is 1. The molecular weight excluding hydrogens is 270 g/mol. The standard InChI is InChI=1S/C15H21N3O3/c1-10-8-9-18(13(10)14(19)20)15(21)16-11-4-6-12(7-5-11)17(2)3/h4-7,10,13H,8-9H2,1-3H3,(H,16,21)(H,19,20). The van der Waals surface area contributed by atoms with Crippen molar-refractivity contribution in [2.24, 2.45) is 5.92 Å². The number of hydrogen-bond donors (Lipinski definition) is 2. The minimum absolute atomic E-state index is 0.0237. The van der Waals surface area contributed by atoms with Gasteiger partial charge in [0.15, 0.2) is 0 Å². The highest BCUT2D eigenvalue weighted by molar-refractivity contribution is 5.93. The molecule has 1 heterocycles. The first kappa shape index (κ1) is 15.2. The largest absolute Gasteiger partial charge is 0.480 e. The summed E-state index contributed by atoms with van der Waals surface area (Å²) in [7, 11) is 3.88. The summed E-state index contributed by atoms with van der Waals surface area (Å²) in [5.74, 6) is -0.970. The van der Waals surface area contributed by atoms with Crippen molar-refractivity contribution in [2.75, 3.05) is 30.9 Å². The van der Waals surface area contributed by atoms with Crippen LogP contribution in [0.3, 0.4) is 0 Å². The van der Waals surface area contributed by atoms with Gasteiger partial charge in [-0.3, -0.25) is 0 Å². The first-order valence-corrected chi connectivity index (χ1v) is 6.98. The van der Waals surface area contributed by atoms with Gasteiger partial charge in [-0.05, 0) is 36.6 Å². The Morgan fingerprint density at radius 1 is 1.29 bits per heavy atom. The van der Waals surface area contributed by atoms with Crippen LogP contribution in [0, 0.1) is 5.92 Å². The van der Waals surface area contributed by atoms with Gasteiger partial charge in [-0.25, -0.2) is 9.59 Å². The zero-order valence-corrected chi connectivity index (χ0v) is 12.5. The van der Waals surface area contributed by atoms with Gasteiger partial charge in [0.25, 0.3) is 0 Å². The van der Waals surface area contributed by atoms with E-state index in [4.69, 9.17) is 0 Å². The SMILES string of the molecule is CC1CCN(C(=O)Nc2ccc(N(C)C)cc2)C1C(=O)O. The first-order valence-electron chi connectivity index (χ1n) is 6.98. The molecule has 1 fully saturated rings. The summed E-state index contributed by atoms with van der Waals surface area (Å²) in [5.41, 5.74) is 1.69. The third-order valence-corrected chi connectivity index (χ3v) is 3.85. The van der Waals surface area contributed by atoms with Crippen molar-refractivity contribution < 1.29 is 14.7 Å². The molecule has 0 spiro atoms. The molecule has 0 bridgehead atoms. The van der Waals surface area contributed by atoms with Crippen molar-refractivity contribution in [2.45, 2.75) is 19.4 Å². The van der Waals surface area contributed by atoms with Crippen LogP contribution in [0.25, 0.3) is 0 Å². The van der Waals surface area contributed by atoms with Crippen LogP contribution in [0.4, 0.5) is 16.2 Å². The number of anilines is 2. The van der Waals surface area contributed by atoms with E-state index in [9.17, 15) is 14.7 Å². The van der Waals surface area contributed by atoms with Crippen LogP contribution in [0.15, 0.2) is 24.3 Å². The van der Waals surface area contributed by atoms with E-state index in [1.54, 1.807) is 0 Å². The van der Waals surface area contributed by atoms with Gasteiger partial charge in [0.1, 0.15) is 6.04 Å². The second-order valence-corrected chi connectivity index (χ2v) is 5.61. The number of nitrogens with one attached hydrogen (secondary N) is 1. The zero-order valence-electron chi connectivity index (χ0n) is 12.5. The number of carbonyl (C=O) groups is 2. The summed E-state index contributed by atoms with van der Waals surface area (Å²) in [6.07, 6.45) is 0.712. The molecule has 2 rings (SSSR count). The summed E-state index contributed by atoms with van der Waals surface area (Å²) < 4.78 is 0. The average Bonchev–Trinajstić information content (AvgIpc) is 2.81. The quantitative estimate of drug-likeness (QED) is 0.894. The Morgan fingerprint density at radius 2 is 1.90 bits per heavy atom. The number of likely N-dealkylation sites (tertiary alicyclic amines) is 1. The molecular formula is C15H21N3O3. The maximum atomic E-state index is 12.2. The third kappa shape index (κ3) is 3.26. The van der Waals surface area contributed by atoms with Crippen LogP contribution < -0.4 is 10.2 Å². The summed E-state index contributed by atoms with van der Waals surface area (Å²) in [4.78, 5) is 26.9. The number of benzene rings is 1. The molecule has 1 aromatic rings. The van der Waals surface area contributed by atoms with E-state index < -0.39 is 12.0 Å². The summed E-state index contributed by atoms with van der Waals surface area (Å²) in [6.45, 7) is 2.33. The lowest BCUT2D eigenvalue weighted by Gasteiger charge is -2.23. The molecule has 0 aromatic heterocycles. The molecule has 0 saturated carbocycles. The number of hydrogen-bond acceptors (Lipinski definition) is 3. The average molecular weight is 291 g/mol. The number of rotatable bonds is 3. The van der Waals surface area contributed by atoms with Crippen LogP contribution in [-0.2, 0) is 4.79 Å². The number of aliphatic carboxylic acids is 1. The molecule has 114 valence electrons. The number of amides is 2. The second kappa shape index (κ2) is 6.03. The van der Waals surface area contributed by atoms with E-state index in [-0.39, 0.29) is 11.9 Å². The monoisotopic (exact) mass is 291 g/mol. The van der Waals surface area contributed by atoms with Gasteiger partial charge in [-0.1, -0.05) is 6.92 Å². The fourth-order valence-electron chi connectivity index (χ4n) is 2.59. The minimum atomic E-state index is -0.946. The van der Waals surface area contributed by atoms with Crippen LogP contribution in [0.2, 0.25) is 0 Å². The first-order chi connectivity index (χ1) is 9.90. The molecule has 2 N–H and O–H groups in total. The smallest absolute Gasteiger partial charge is 0.326 e. The van der Waals surface area contributed by atoms with Gasteiger partial charge in [-0.2, -0.15) is 0 Å². The molecule has 6 heteroatoms. The maximum absolute atomic E-state index is 12.2. The summed E-state index contributed by atoms with van der Waals surface area (Å²) >= 11 is 0. The van der Waals surface area contributed by atoms with Crippen LogP contribution in [-0.4, -0.2) is 48.7 Å². The highest BCUT2D eigenvalue weighted by Gasteiger charge is 2.39. The van der Waals surface area contributed by atoms with Crippen molar-refractivity contribution in [3.05, 3.63) is 24.3 Å². The Labute approximate surface area is 124 Å². The van der Waals surface area contributed by atoms with E-state index in [0.717, 1.165) is 5.69 Å². The highest BCUT2D eigenvalue weighted by Crippen LogP contribution is 2.25. The third-order valence-electron chi connectivity index (χ3n) is 3.85. The fraction of sp³-hybridized carbons (Fsp3) is 0.467. The van der Waals surface area contributed by atoms with E-state index >= 15 is 0 Å². The van der Waals surface area contributed by atoms with Crippen LogP contribution in [0.5, 0.6) is 0 Å². The molecule has 1 aliphatic heterocycles. The van der Waals surface area contributed by atoms with Crippen molar-refractivity contribution in [3.63, 3.8) is 0 Å². The predicted octanol–water partition coefficient (Wildman–Crippen LogP) is 2.08. The normalized spacial score (nSPS) is 21.2. The Bertz CT molecular complexity index is 527. The Kier molecular flexibility index (Phi) is 4.35. The lowest BCUT2D eigenvalue weighted by atomic mass is 10.0. The van der Waals surface area contributed by atoms with E-state index in [1.165, 1.54) is 4.90 Å². The molecule has 0 radical (unpaired) electrons. The van der Waals surface area contributed by atoms with Crippen molar-refractivity contribution >= 4 is 23.4 Å². The van der Waals surface area contributed by atoms with Crippen LogP contribution in [0.1, 0.15) is 13.3 Å². The molecule has 1 aromatic carbocycles. The summed E-state index contributed by atoms with van der Waals surface area (Å²) in [6, 6.07) is 6.31. The molecule has 1 aliphatic rings. The lowest BCUT2D eigenvalue weighted by molar-refractivity contribution is -0.142.